The van der Waals surface area contributed by atoms with Crippen molar-refractivity contribution in [1.29, 1.82) is 0 Å². The molecular formula is C22H26FN3O. The van der Waals surface area contributed by atoms with Crippen molar-refractivity contribution < 1.29 is 9.18 Å². The van der Waals surface area contributed by atoms with Crippen molar-refractivity contribution in [3.8, 4) is 0 Å². The van der Waals surface area contributed by atoms with Crippen LogP contribution in [-0.2, 0) is 11.3 Å². The lowest BCUT2D eigenvalue weighted by atomic mass is 10.1. The molecule has 0 aromatic heterocycles. The van der Waals surface area contributed by atoms with Crippen LogP contribution in [0.2, 0.25) is 0 Å². The van der Waals surface area contributed by atoms with Crippen LogP contribution >= 0.6 is 0 Å². The molecule has 4 rings (SSSR count). The van der Waals surface area contributed by atoms with Crippen LogP contribution < -0.4 is 10.2 Å². The number of carbonyl (C=O) groups excluding carboxylic acids is 1. The van der Waals surface area contributed by atoms with Gasteiger partial charge in [0.2, 0.25) is 5.91 Å². The van der Waals surface area contributed by atoms with E-state index in [4.69, 9.17) is 0 Å². The van der Waals surface area contributed by atoms with Gasteiger partial charge < -0.3 is 10.2 Å². The molecule has 27 heavy (non-hydrogen) atoms. The molecule has 0 bridgehead atoms. The van der Waals surface area contributed by atoms with E-state index < -0.39 is 0 Å². The van der Waals surface area contributed by atoms with E-state index >= 15 is 0 Å². The number of anilines is 2. The Kier molecular flexibility index (Phi) is 5.39. The third-order valence-electron chi connectivity index (χ3n) is 5.60. The largest absolute Gasteiger partial charge is 0.372 e. The summed E-state index contributed by atoms with van der Waals surface area (Å²) in [4.78, 5) is 17.2. The molecule has 2 saturated heterocycles. The molecule has 5 heteroatoms. The third kappa shape index (κ3) is 4.14. The Bertz CT molecular complexity index is 786. The van der Waals surface area contributed by atoms with Gasteiger partial charge in [-0.1, -0.05) is 18.2 Å². The van der Waals surface area contributed by atoms with E-state index in [2.05, 4.69) is 27.2 Å². The van der Waals surface area contributed by atoms with E-state index in [0.717, 1.165) is 38.2 Å². The fourth-order valence-electron chi connectivity index (χ4n) is 4.11. The summed E-state index contributed by atoms with van der Waals surface area (Å²) in [6.07, 6.45) is 4.27. The first-order chi connectivity index (χ1) is 13.2. The van der Waals surface area contributed by atoms with Gasteiger partial charge in [-0.3, -0.25) is 9.69 Å². The van der Waals surface area contributed by atoms with E-state index in [-0.39, 0.29) is 17.8 Å². The minimum atomic E-state index is -0.207. The van der Waals surface area contributed by atoms with Gasteiger partial charge in [0.25, 0.3) is 0 Å². The molecule has 2 aliphatic heterocycles. The summed E-state index contributed by atoms with van der Waals surface area (Å²) in [5.41, 5.74) is 2.68. The second kappa shape index (κ2) is 8.09. The van der Waals surface area contributed by atoms with Crippen LogP contribution in [0.1, 0.15) is 31.2 Å². The number of carbonyl (C=O) groups is 1. The molecule has 142 valence electrons. The minimum Gasteiger partial charge on any atom is -0.372 e. The van der Waals surface area contributed by atoms with Gasteiger partial charge in [0.05, 0.1) is 6.04 Å². The molecule has 0 radical (unpaired) electrons. The summed E-state index contributed by atoms with van der Waals surface area (Å²) in [5.74, 6) is -0.209. The number of likely N-dealkylation sites (tertiary alicyclic amines) is 1. The highest BCUT2D eigenvalue weighted by Crippen LogP contribution is 2.25. The number of rotatable bonds is 5. The zero-order chi connectivity index (χ0) is 18.6. The maximum absolute atomic E-state index is 14.0. The quantitative estimate of drug-likeness (QED) is 0.867. The second-order valence-electron chi connectivity index (χ2n) is 7.45. The normalized spacial score (nSPS) is 20.2. The lowest BCUT2D eigenvalue weighted by molar-refractivity contribution is -0.120. The fourth-order valence-corrected chi connectivity index (χ4v) is 4.11. The van der Waals surface area contributed by atoms with Gasteiger partial charge in [0.1, 0.15) is 5.82 Å². The Hall–Kier alpha value is -2.40. The molecule has 2 aromatic carbocycles. The molecule has 0 saturated carbocycles. The maximum atomic E-state index is 14.0. The zero-order valence-electron chi connectivity index (χ0n) is 15.5. The molecule has 2 aromatic rings. The summed E-state index contributed by atoms with van der Waals surface area (Å²) in [6.45, 7) is 3.51. The highest BCUT2D eigenvalue weighted by Gasteiger charge is 2.31. The molecule has 2 aliphatic rings. The second-order valence-corrected chi connectivity index (χ2v) is 7.45. The standard InChI is InChI=1S/C22H26FN3O/c23-20-7-2-1-6-17(20)16-26-15-5-8-21(26)22(27)24-18-9-11-19(12-10-18)25-13-3-4-14-25/h1-2,6-7,9-12,21H,3-5,8,13-16H2,(H,24,27). The highest BCUT2D eigenvalue weighted by molar-refractivity contribution is 5.95. The lowest BCUT2D eigenvalue weighted by Crippen LogP contribution is -2.39. The molecule has 1 N–H and O–H groups in total. The molecule has 2 fully saturated rings. The van der Waals surface area contributed by atoms with E-state index in [9.17, 15) is 9.18 Å². The van der Waals surface area contributed by atoms with Gasteiger partial charge >= 0.3 is 0 Å². The maximum Gasteiger partial charge on any atom is 0.241 e. The summed E-state index contributed by atoms with van der Waals surface area (Å²) < 4.78 is 14.0. The highest BCUT2D eigenvalue weighted by atomic mass is 19.1. The van der Waals surface area contributed by atoms with Crippen LogP contribution in [-0.4, -0.2) is 36.5 Å². The van der Waals surface area contributed by atoms with Gasteiger partial charge in [-0.25, -0.2) is 4.39 Å². The number of nitrogens with zero attached hydrogens (tertiary/aromatic N) is 2. The Morgan fingerprint density at radius 3 is 2.48 bits per heavy atom. The van der Waals surface area contributed by atoms with Crippen molar-refractivity contribution in [3.63, 3.8) is 0 Å². The summed E-state index contributed by atoms with van der Waals surface area (Å²) >= 11 is 0. The van der Waals surface area contributed by atoms with Gasteiger partial charge in [0, 0.05) is 36.6 Å². The molecule has 0 aliphatic carbocycles. The van der Waals surface area contributed by atoms with Crippen molar-refractivity contribution in [3.05, 3.63) is 59.9 Å². The van der Waals surface area contributed by atoms with Crippen LogP contribution in [0.15, 0.2) is 48.5 Å². The first-order valence-corrected chi connectivity index (χ1v) is 9.84. The van der Waals surface area contributed by atoms with Crippen LogP contribution in [0.3, 0.4) is 0 Å². The Morgan fingerprint density at radius 1 is 1.00 bits per heavy atom. The van der Waals surface area contributed by atoms with E-state index in [0.29, 0.717) is 12.1 Å². The van der Waals surface area contributed by atoms with Gasteiger partial charge in [-0.2, -0.15) is 0 Å². The van der Waals surface area contributed by atoms with Gasteiger partial charge in [0.15, 0.2) is 0 Å². The molecule has 1 unspecified atom stereocenters. The zero-order valence-corrected chi connectivity index (χ0v) is 15.5. The number of amides is 1. The SMILES string of the molecule is O=C(Nc1ccc(N2CCCC2)cc1)C1CCCN1Cc1ccccc1F. The van der Waals surface area contributed by atoms with Crippen molar-refractivity contribution in [2.75, 3.05) is 29.9 Å². The van der Waals surface area contributed by atoms with E-state index in [1.165, 1.54) is 24.6 Å². The summed E-state index contributed by atoms with van der Waals surface area (Å²) in [5, 5.41) is 3.04. The predicted molar refractivity (Wildman–Crippen MR) is 106 cm³/mol. The van der Waals surface area contributed by atoms with Gasteiger partial charge in [-0.15, -0.1) is 0 Å². The number of hydrogen-bond donors (Lipinski definition) is 1. The average Bonchev–Trinajstić information content (AvgIpc) is 3.36. The lowest BCUT2D eigenvalue weighted by Gasteiger charge is -2.24. The third-order valence-corrected chi connectivity index (χ3v) is 5.60. The average molecular weight is 367 g/mol. The predicted octanol–water partition coefficient (Wildman–Crippen LogP) is 4.03. The first-order valence-electron chi connectivity index (χ1n) is 9.84. The van der Waals surface area contributed by atoms with Crippen LogP contribution in [0, 0.1) is 5.82 Å². The number of nitrogens with one attached hydrogen (secondary N) is 1. The Balaban J connectivity index is 1.39. The Morgan fingerprint density at radius 2 is 1.74 bits per heavy atom. The number of hydrogen-bond acceptors (Lipinski definition) is 3. The van der Waals surface area contributed by atoms with Crippen LogP contribution in [0.4, 0.5) is 15.8 Å². The minimum absolute atomic E-state index is 0.00207. The van der Waals surface area contributed by atoms with E-state index in [1.807, 2.05) is 18.2 Å². The van der Waals surface area contributed by atoms with Crippen LogP contribution in [0.5, 0.6) is 0 Å². The smallest absolute Gasteiger partial charge is 0.241 e. The van der Waals surface area contributed by atoms with Crippen molar-refractivity contribution in [2.24, 2.45) is 0 Å². The topological polar surface area (TPSA) is 35.6 Å². The molecule has 1 atom stereocenters. The molecule has 0 spiro atoms. The number of halogens is 1. The van der Waals surface area contributed by atoms with Crippen molar-refractivity contribution >= 4 is 17.3 Å². The van der Waals surface area contributed by atoms with Crippen LogP contribution in [0.25, 0.3) is 0 Å². The van der Waals surface area contributed by atoms with Crippen molar-refractivity contribution in [2.45, 2.75) is 38.3 Å². The Labute approximate surface area is 160 Å². The molecule has 2 heterocycles. The first kappa shape index (κ1) is 18.0. The summed E-state index contributed by atoms with van der Waals surface area (Å²) in [7, 11) is 0. The van der Waals surface area contributed by atoms with E-state index in [1.54, 1.807) is 12.1 Å². The summed E-state index contributed by atoms with van der Waals surface area (Å²) in [6, 6.07) is 14.7. The molecule has 4 nitrogen and oxygen atoms in total. The molecular weight excluding hydrogens is 341 g/mol. The van der Waals surface area contributed by atoms with Crippen molar-refractivity contribution in [1.82, 2.24) is 4.90 Å². The molecule has 1 amide bonds. The van der Waals surface area contributed by atoms with Gasteiger partial charge in [-0.05, 0) is 62.6 Å². The monoisotopic (exact) mass is 367 g/mol. The number of benzene rings is 2. The fraction of sp³-hybridized carbons (Fsp3) is 0.409.